The lowest BCUT2D eigenvalue weighted by Gasteiger charge is -2.35. The highest BCUT2D eigenvalue weighted by Gasteiger charge is 2.26. The summed E-state index contributed by atoms with van der Waals surface area (Å²) in [4.78, 5) is 21.1. The van der Waals surface area contributed by atoms with Gasteiger partial charge in [0.05, 0.1) is 23.8 Å². The number of carbonyl (C=O) groups is 1. The zero-order valence-electron chi connectivity index (χ0n) is 19.1. The summed E-state index contributed by atoms with van der Waals surface area (Å²) >= 11 is 0. The highest BCUT2D eigenvalue weighted by molar-refractivity contribution is 6.09. The standard InChI is InChI=1S/C24H32N4O3/c1-17-22-20(8-9-25-17)19-7-6-18(30-5)16-21(19)28(22)15-12-26-10-13-27(14-11-26)23(29)31-24(2,3)4/h6-9,16H,10-15H2,1-5H3. The van der Waals surface area contributed by atoms with Crippen LogP contribution in [0.3, 0.4) is 0 Å². The second kappa shape index (κ2) is 8.38. The zero-order valence-corrected chi connectivity index (χ0v) is 19.1. The van der Waals surface area contributed by atoms with Crippen LogP contribution in [0.15, 0.2) is 30.5 Å². The number of aromatic nitrogens is 2. The van der Waals surface area contributed by atoms with Gasteiger partial charge in [0.15, 0.2) is 0 Å². The van der Waals surface area contributed by atoms with Gasteiger partial charge in [0.25, 0.3) is 0 Å². The molecular weight excluding hydrogens is 392 g/mol. The Labute approximate surface area is 183 Å². The molecule has 31 heavy (non-hydrogen) atoms. The van der Waals surface area contributed by atoms with Gasteiger partial charge in [0.2, 0.25) is 0 Å². The van der Waals surface area contributed by atoms with Crippen LogP contribution in [0.1, 0.15) is 26.5 Å². The van der Waals surface area contributed by atoms with E-state index in [1.165, 1.54) is 16.3 Å². The first-order chi connectivity index (χ1) is 14.8. The normalized spacial score (nSPS) is 15.6. The van der Waals surface area contributed by atoms with Crippen LogP contribution in [0.25, 0.3) is 21.8 Å². The molecule has 1 amide bonds. The molecule has 0 spiro atoms. The summed E-state index contributed by atoms with van der Waals surface area (Å²) < 4.78 is 13.3. The number of pyridine rings is 1. The maximum absolute atomic E-state index is 12.3. The maximum atomic E-state index is 12.3. The number of ether oxygens (including phenoxy) is 2. The second-order valence-corrected chi connectivity index (χ2v) is 9.14. The first kappa shape index (κ1) is 21.4. The van der Waals surface area contributed by atoms with Crippen LogP contribution < -0.4 is 4.74 Å². The molecule has 1 aliphatic heterocycles. The Balaban J connectivity index is 1.50. The number of piperazine rings is 1. The quantitative estimate of drug-likeness (QED) is 0.632. The molecule has 0 N–H and O–H groups in total. The minimum Gasteiger partial charge on any atom is -0.497 e. The first-order valence-electron chi connectivity index (χ1n) is 10.9. The number of carbonyl (C=O) groups excluding carboxylic acids is 1. The van der Waals surface area contributed by atoms with Gasteiger partial charge in [-0.25, -0.2) is 4.79 Å². The Morgan fingerprint density at radius 3 is 2.48 bits per heavy atom. The van der Waals surface area contributed by atoms with Gasteiger partial charge in [-0.3, -0.25) is 9.88 Å². The summed E-state index contributed by atoms with van der Waals surface area (Å²) in [5, 5.41) is 2.44. The molecule has 7 heteroatoms. The van der Waals surface area contributed by atoms with Crippen LogP contribution in [0.4, 0.5) is 4.79 Å². The van der Waals surface area contributed by atoms with Crippen molar-refractivity contribution in [2.45, 2.75) is 39.8 Å². The van der Waals surface area contributed by atoms with E-state index < -0.39 is 5.60 Å². The van der Waals surface area contributed by atoms with E-state index in [0.29, 0.717) is 13.1 Å². The molecule has 1 saturated heterocycles. The van der Waals surface area contributed by atoms with E-state index in [4.69, 9.17) is 9.47 Å². The fourth-order valence-corrected chi connectivity index (χ4v) is 4.28. The first-order valence-corrected chi connectivity index (χ1v) is 10.9. The Bertz CT molecular complexity index is 1090. The minimum absolute atomic E-state index is 0.219. The highest BCUT2D eigenvalue weighted by atomic mass is 16.6. The Morgan fingerprint density at radius 1 is 1.06 bits per heavy atom. The van der Waals surface area contributed by atoms with Gasteiger partial charge < -0.3 is 18.9 Å². The number of benzene rings is 1. The lowest BCUT2D eigenvalue weighted by atomic mass is 10.1. The molecule has 0 radical (unpaired) electrons. The number of methoxy groups -OCH3 is 1. The molecule has 0 saturated carbocycles. The predicted molar refractivity (Wildman–Crippen MR) is 123 cm³/mol. The molecule has 4 rings (SSSR count). The van der Waals surface area contributed by atoms with Gasteiger partial charge in [-0.1, -0.05) is 0 Å². The molecule has 1 aromatic carbocycles. The summed E-state index contributed by atoms with van der Waals surface area (Å²) in [6.07, 6.45) is 1.66. The van der Waals surface area contributed by atoms with Crippen LogP contribution in [-0.2, 0) is 11.3 Å². The molecule has 0 unspecified atom stereocenters. The van der Waals surface area contributed by atoms with Crippen molar-refractivity contribution < 1.29 is 14.3 Å². The number of hydrogen-bond acceptors (Lipinski definition) is 5. The number of fused-ring (bicyclic) bond motifs is 3. The Kier molecular flexibility index (Phi) is 5.79. The summed E-state index contributed by atoms with van der Waals surface area (Å²) in [7, 11) is 1.70. The number of rotatable bonds is 4. The van der Waals surface area contributed by atoms with E-state index in [2.05, 4.69) is 39.6 Å². The van der Waals surface area contributed by atoms with Crippen molar-refractivity contribution in [3.8, 4) is 5.75 Å². The fourth-order valence-electron chi connectivity index (χ4n) is 4.28. The number of amides is 1. The number of hydrogen-bond donors (Lipinski definition) is 0. The molecule has 1 aliphatic rings. The SMILES string of the molecule is COc1ccc2c3ccnc(C)c3n(CCN3CCN(C(=O)OC(C)(C)C)CC3)c2c1. The lowest BCUT2D eigenvalue weighted by Crippen LogP contribution is -2.50. The molecular formula is C24H32N4O3. The summed E-state index contributed by atoms with van der Waals surface area (Å²) in [6, 6.07) is 8.34. The average Bonchev–Trinajstić information content (AvgIpc) is 3.05. The average molecular weight is 425 g/mol. The van der Waals surface area contributed by atoms with Crippen molar-refractivity contribution in [3.63, 3.8) is 0 Å². The van der Waals surface area contributed by atoms with Gasteiger partial charge in [-0.2, -0.15) is 0 Å². The summed E-state index contributed by atoms with van der Waals surface area (Å²) in [5.41, 5.74) is 2.91. The number of nitrogens with zero attached hydrogens (tertiary/aromatic N) is 4. The zero-order chi connectivity index (χ0) is 22.2. The fraction of sp³-hybridized carbons (Fsp3) is 0.500. The molecule has 0 atom stereocenters. The van der Waals surface area contributed by atoms with Crippen molar-refractivity contribution in [2.24, 2.45) is 0 Å². The molecule has 1 fully saturated rings. The van der Waals surface area contributed by atoms with Gasteiger partial charge in [-0.15, -0.1) is 0 Å². The van der Waals surface area contributed by atoms with Crippen LogP contribution in [0.5, 0.6) is 5.75 Å². The Hall–Kier alpha value is -2.80. The van der Waals surface area contributed by atoms with Crippen molar-refractivity contribution >= 4 is 27.9 Å². The molecule has 166 valence electrons. The third kappa shape index (κ3) is 4.46. The molecule has 0 aliphatic carbocycles. The predicted octanol–water partition coefficient (Wildman–Crippen LogP) is 4.06. The molecule has 0 bridgehead atoms. The van der Waals surface area contributed by atoms with E-state index in [1.54, 1.807) is 12.0 Å². The lowest BCUT2D eigenvalue weighted by molar-refractivity contribution is 0.0143. The van der Waals surface area contributed by atoms with Crippen LogP contribution in [0.2, 0.25) is 0 Å². The summed E-state index contributed by atoms with van der Waals surface area (Å²) in [6.45, 7) is 12.6. The van der Waals surface area contributed by atoms with Gasteiger partial charge in [0, 0.05) is 62.3 Å². The van der Waals surface area contributed by atoms with Crippen LogP contribution in [-0.4, -0.2) is 70.9 Å². The van der Waals surface area contributed by atoms with Gasteiger partial charge >= 0.3 is 6.09 Å². The minimum atomic E-state index is -0.461. The van der Waals surface area contributed by atoms with Crippen molar-refractivity contribution in [2.75, 3.05) is 39.8 Å². The third-order valence-corrected chi connectivity index (χ3v) is 5.83. The Morgan fingerprint density at radius 2 is 1.81 bits per heavy atom. The maximum Gasteiger partial charge on any atom is 0.410 e. The van der Waals surface area contributed by atoms with E-state index >= 15 is 0 Å². The second-order valence-electron chi connectivity index (χ2n) is 9.14. The molecule has 3 aromatic rings. The van der Waals surface area contributed by atoms with E-state index in [1.807, 2.05) is 33.0 Å². The topological polar surface area (TPSA) is 59.8 Å². The summed E-state index contributed by atoms with van der Waals surface area (Å²) in [5.74, 6) is 0.855. The van der Waals surface area contributed by atoms with Crippen molar-refractivity contribution in [1.82, 2.24) is 19.4 Å². The van der Waals surface area contributed by atoms with Crippen molar-refractivity contribution in [3.05, 3.63) is 36.2 Å². The molecule has 3 heterocycles. The monoisotopic (exact) mass is 424 g/mol. The number of aryl methyl sites for hydroxylation is 1. The largest absolute Gasteiger partial charge is 0.497 e. The van der Waals surface area contributed by atoms with E-state index in [0.717, 1.165) is 43.1 Å². The van der Waals surface area contributed by atoms with Crippen LogP contribution in [0, 0.1) is 6.92 Å². The van der Waals surface area contributed by atoms with Crippen LogP contribution >= 0.6 is 0 Å². The van der Waals surface area contributed by atoms with Crippen molar-refractivity contribution in [1.29, 1.82) is 0 Å². The van der Waals surface area contributed by atoms with E-state index in [9.17, 15) is 4.79 Å². The smallest absolute Gasteiger partial charge is 0.410 e. The third-order valence-electron chi connectivity index (χ3n) is 5.83. The van der Waals surface area contributed by atoms with E-state index in [-0.39, 0.29) is 6.09 Å². The highest BCUT2D eigenvalue weighted by Crippen LogP contribution is 2.32. The van der Waals surface area contributed by atoms with Gasteiger partial charge in [-0.05, 0) is 45.9 Å². The molecule has 2 aromatic heterocycles. The van der Waals surface area contributed by atoms with Gasteiger partial charge in [0.1, 0.15) is 11.4 Å². The molecule has 7 nitrogen and oxygen atoms in total.